The summed E-state index contributed by atoms with van der Waals surface area (Å²) in [5.74, 6) is 0.592. The molecule has 4 aromatic rings. The van der Waals surface area contributed by atoms with E-state index in [0.717, 1.165) is 17.3 Å². The normalized spacial score (nSPS) is 11.4. The molecule has 13 heteroatoms. The minimum Gasteiger partial charge on any atom is -0.496 e. The van der Waals surface area contributed by atoms with E-state index in [0.29, 0.717) is 53.7 Å². The van der Waals surface area contributed by atoms with Gasteiger partial charge in [0.15, 0.2) is 17.3 Å². The van der Waals surface area contributed by atoms with Gasteiger partial charge < -0.3 is 19.3 Å². The first-order valence-electron chi connectivity index (χ1n) is 11.0. The Hall–Kier alpha value is -2.89. The van der Waals surface area contributed by atoms with Gasteiger partial charge in [0.2, 0.25) is 5.16 Å². The number of methoxy groups -OCH3 is 2. The Morgan fingerprint density at radius 3 is 2.46 bits per heavy atom. The topological polar surface area (TPSA) is 107 Å². The molecule has 0 saturated carbocycles. The Labute approximate surface area is 251 Å². The summed E-state index contributed by atoms with van der Waals surface area (Å²) in [5, 5.41) is 18.5. The van der Waals surface area contributed by atoms with Gasteiger partial charge in [-0.25, -0.2) is 9.78 Å². The quantitative estimate of drug-likeness (QED) is 0.129. The third kappa shape index (κ3) is 7.20. The van der Waals surface area contributed by atoms with Gasteiger partial charge in [0, 0.05) is 20.6 Å². The number of nitrogens with one attached hydrogen (secondary N) is 1. The lowest BCUT2D eigenvalue weighted by molar-refractivity contribution is -0.131. The third-order valence-corrected chi connectivity index (χ3v) is 7.52. The van der Waals surface area contributed by atoms with Crippen molar-refractivity contribution in [3.63, 3.8) is 0 Å². The van der Waals surface area contributed by atoms with Gasteiger partial charge in [-0.3, -0.25) is 5.10 Å². The smallest absolute Gasteiger partial charge is 0.342 e. The van der Waals surface area contributed by atoms with Crippen molar-refractivity contribution in [1.29, 1.82) is 0 Å². The number of hydrogen-bond donors (Lipinski definition) is 2. The fraction of sp³-hybridized carbons (Fsp3) is 0.115. The molecule has 1 aromatic heterocycles. The molecule has 0 unspecified atom stereocenters. The second-order valence-corrected chi connectivity index (χ2v) is 10.9. The number of benzene rings is 3. The zero-order valence-electron chi connectivity index (χ0n) is 20.3. The number of ether oxygens (including phenoxy) is 3. The van der Waals surface area contributed by atoms with Crippen LogP contribution in [0.2, 0.25) is 15.1 Å². The lowest BCUT2D eigenvalue weighted by atomic mass is 10.2. The molecular weight excluding hydrogens is 653 g/mol. The van der Waals surface area contributed by atoms with Crippen molar-refractivity contribution in [3.05, 3.63) is 84.1 Å². The van der Waals surface area contributed by atoms with Crippen LogP contribution >= 0.6 is 62.5 Å². The van der Waals surface area contributed by atoms with E-state index in [-0.39, 0.29) is 16.7 Å². The highest BCUT2D eigenvalue weighted by molar-refractivity contribution is 9.10. The predicted octanol–water partition coefficient (Wildman–Crippen LogP) is 8.01. The summed E-state index contributed by atoms with van der Waals surface area (Å²) in [5.41, 5.74) is 1.88. The Morgan fingerprint density at radius 2 is 1.77 bits per heavy atom. The Morgan fingerprint density at radius 1 is 1.05 bits per heavy atom. The molecule has 202 valence electrons. The number of thioether (sulfide) groups is 1. The van der Waals surface area contributed by atoms with E-state index in [9.17, 15) is 9.90 Å². The molecule has 0 fully saturated rings. The van der Waals surface area contributed by atoms with E-state index < -0.39 is 5.97 Å². The summed E-state index contributed by atoms with van der Waals surface area (Å²) < 4.78 is 17.4. The van der Waals surface area contributed by atoms with E-state index in [1.807, 2.05) is 0 Å². The molecule has 0 radical (unpaired) electrons. The van der Waals surface area contributed by atoms with Crippen LogP contribution in [0.1, 0.15) is 11.1 Å². The van der Waals surface area contributed by atoms with Crippen LogP contribution in [0.5, 0.6) is 17.2 Å². The molecular formula is C26H19BrCl3N3O5S. The SMILES string of the molecule is COc1ccc(Cl)cc1-c1nc(S/C(=C\c2cc(Br)c(OCc3ccc(Cl)cc3Cl)c(OC)c2)C(=O)O)n[nH]1. The van der Waals surface area contributed by atoms with Gasteiger partial charge in [0.1, 0.15) is 17.3 Å². The minimum atomic E-state index is -1.15. The maximum Gasteiger partial charge on any atom is 0.342 e. The maximum absolute atomic E-state index is 12.1. The van der Waals surface area contributed by atoms with Gasteiger partial charge in [-0.05, 0) is 81.8 Å². The van der Waals surface area contributed by atoms with E-state index in [1.54, 1.807) is 48.5 Å². The largest absolute Gasteiger partial charge is 0.496 e. The van der Waals surface area contributed by atoms with Gasteiger partial charge in [-0.2, -0.15) is 0 Å². The summed E-state index contributed by atoms with van der Waals surface area (Å²) in [6.45, 7) is 0.168. The molecule has 39 heavy (non-hydrogen) atoms. The van der Waals surface area contributed by atoms with Crippen molar-refractivity contribution in [2.24, 2.45) is 0 Å². The summed E-state index contributed by atoms with van der Waals surface area (Å²) in [6.07, 6.45) is 1.48. The number of hydrogen-bond acceptors (Lipinski definition) is 7. The number of rotatable bonds is 10. The Kier molecular flexibility index (Phi) is 9.68. The molecule has 0 amide bonds. The highest BCUT2D eigenvalue weighted by Gasteiger charge is 2.18. The molecule has 0 spiro atoms. The van der Waals surface area contributed by atoms with Gasteiger partial charge >= 0.3 is 5.97 Å². The molecule has 2 N–H and O–H groups in total. The number of aromatic amines is 1. The number of nitrogens with zero attached hydrogens (tertiary/aromatic N) is 2. The highest BCUT2D eigenvalue weighted by atomic mass is 79.9. The second kappa shape index (κ2) is 13.0. The van der Waals surface area contributed by atoms with E-state index >= 15 is 0 Å². The fourth-order valence-corrected chi connectivity index (χ4v) is 5.33. The fourth-order valence-electron chi connectivity index (χ4n) is 3.41. The monoisotopic (exact) mass is 669 g/mol. The van der Waals surface area contributed by atoms with Crippen LogP contribution in [0.3, 0.4) is 0 Å². The number of aromatic nitrogens is 3. The van der Waals surface area contributed by atoms with Crippen LogP contribution in [-0.2, 0) is 11.4 Å². The lowest BCUT2D eigenvalue weighted by Crippen LogP contribution is -2.00. The van der Waals surface area contributed by atoms with E-state index in [2.05, 4.69) is 31.1 Å². The number of H-pyrrole nitrogens is 1. The Balaban J connectivity index is 1.58. The van der Waals surface area contributed by atoms with Crippen LogP contribution in [-0.4, -0.2) is 40.5 Å². The molecule has 0 aliphatic rings. The lowest BCUT2D eigenvalue weighted by Gasteiger charge is -2.14. The van der Waals surface area contributed by atoms with Gasteiger partial charge in [0.25, 0.3) is 0 Å². The van der Waals surface area contributed by atoms with E-state index in [4.69, 9.17) is 49.0 Å². The Bertz CT molecular complexity index is 1560. The third-order valence-electron chi connectivity index (χ3n) is 5.23. The molecule has 0 aliphatic heterocycles. The molecule has 8 nitrogen and oxygen atoms in total. The molecule has 0 bridgehead atoms. The number of carbonyl (C=O) groups is 1. The molecule has 4 rings (SSSR count). The van der Waals surface area contributed by atoms with Crippen molar-refractivity contribution in [1.82, 2.24) is 15.2 Å². The van der Waals surface area contributed by atoms with Crippen LogP contribution < -0.4 is 14.2 Å². The van der Waals surface area contributed by atoms with Crippen molar-refractivity contribution < 1.29 is 24.1 Å². The summed E-state index contributed by atoms with van der Waals surface area (Å²) in [7, 11) is 3.02. The predicted molar refractivity (Wildman–Crippen MR) is 156 cm³/mol. The zero-order chi connectivity index (χ0) is 28.1. The molecule has 0 saturated heterocycles. The number of carboxylic acids is 1. The standard InChI is InChI=1S/C26H19BrCl3N3O5S/c1-36-20-6-5-15(28)10-17(20)24-31-26(33-32-24)39-22(25(34)35)9-13-7-18(27)23(21(8-13)37-2)38-12-14-3-4-16(29)11-19(14)30/h3-11H,12H2,1-2H3,(H,34,35)(H,31,32,33)/b22-9-. The average Bonchev–Trinajstić information content (AvgIpc) is 3.36. The summed E-state index contributed by atoms with van der Waals surface area (Å²) in [6, 6.07) is 13.6. The molecule has 1 heterocycles. The average molecular weight is 672 g/mol. The first-order chi connectivity index (χ1) is 18.7. The van der Waals surface area contributed by atoms with Crippen molar-refractivity contribution in [2.45, 2.75) is 11.8 Å². The summed E-state index contributed by atoms with van der Waals surface area (Å²) in [4.78, 5) is 16.5. The maximum atomic E-state index is 12.1. The van der Waals surface area contributed by atoms with Crippen molar-refractivity contribution in [3.8, 4) is 28.6 Å². The van der Waals surface area contributed by atoms with Crippen LogP contribution in [0.4, 0.5) is 0 Å². The summed E-state index contributed by atoms with van der Waals surface area (Å²) >= 11 is 22.7. The van der Waals surface area contributed by atoms with Crippen LogP contribution in [0.25, 0.3) is 17.5 Å². The van der Waals surface area contributed by atoms with Crippen LogP contribution in [0.15, 0.2) is 63.1 Å². The number of halogens is 4. The second-order valence-electron chi connectivity index (χ2n) is 7.79. The van der Waals surface area contributed by atoms with E-state index in [1.165, 1.54) is 20.3 Å². The molecule has 0 aliphatic carbocycles. The van der Waals surface area contributed by atoms with Gasteiger partial charge in [-0.1, -0.05) is 40.9 Å². The van der Waals surface area contributed by atoms with Crippen LogP contribution in [0, 0.1) is 0 Å². The van der Waals surface area contributed by atoms with Gasteiger partial charge in [0.05, 0.1) is 24.3 Å². The molecule has 3 aromatic carbocycles. The molecule has 0 atom stereocenters. The highest BCUT2D eigenvalue weighted by Crippen LogP contribution is 2.39. The van der Waals surface area contributed by atoms with Crippen molar-refractivity contribution >= 4 is 74.5 Å². The first-order valence-corrected chi connectivity index (χ1v) is 13.8. The number of carboxylic acid groups (broad SMARTS) is 1. The minimum absolute atomic E-state index is 0.0193. The zero-order valence-corrected chi connectivity index (χ0v) is 25.0. The van der Waals surface area contributed by atoms with Gasteiger partial charge in [-0.15, -0.1) is 5.10 Å². The van der Waals surface area contributed by atoms with Crippen molar-refractivity contribution in [2.75, 3.05) is 14.2 Å². The first kappa shape index (κ1) is 29.1. The number of aliphatic carboxylic acids is 1.